The van der Waals surface area contributed by atoms with Crippen LogP contribution in [0.2, 0.25) is 0 Å². The van der Waals surface area contributed by atoms with E-state index < -0.39 is 0 Å². The van der Waals surface area contributed by atoms with Crippen LogP contribution in [0.1, 0.15) is 39.0 Å². The van der Waals surface area contributed by atoms with E-state index in [0.717, 1.165) is 17.0 Å². The molecule has 0 unspecified atom stereocenters. The van der Waals surface area contributed by atoms with Gasteiger partial charge in [-0.05, 0) is 37.6 Å². The van der Waals surface area contributed by atoms with E-state index in [1.54, 1.807) is 6.20 Å². The van der Waals surface area contributed by atoms with Crippen LogP contribution in [0.4, 0.5) is 0 Å². The Labute approximate surface area is 111 Å². The molecule has 98 valence electrons. The first kappa shape index (κ1) is 16.3. The molecule has 0 fully saturated rings. The molecular weight excluding hydrogens is 220 g/mol. The lowest BCUT2D eigenvalue weighted by atomic mass is 10.1. The number of pyridine rings is 2. The van der Waals surface area contributed by atoms with Crippen molar-refractivity contribution in [2.75, 3.05) is 0 Å². The van der Waals surface area contributed by atoms with Gasteiger partial charge in [0.05, 0.1) is 5.69 Å². The van der Waals surface area contributed by atoms with Crippen LogP contribution in [0.15, 0.2) is 36.7 Å². The Morgan fingerprint density at radius 2 is 1.56 bits per heavy atom. The Bertz CT molecular complexity index is 436. The van der Waals surface area contributed by atoms with Gasteiger partial charge in [0.1, 0.15) is 0 Å². The van der Waals surface area contributed by atoms with E-state index in [1.165, 1.54) is 5.56 Å². The smallest absolute Gasteiger partial charge is 0.0720 e. The van der Waals surface area contributed by atoms with Crippen molar-refractivity contribution in [3.8, 4) is 11.3 Å². The summed E-state index contributed by atoms with van der Waals surface area (Å²) < 4.78 is 0. The molecule has 0 aliphatic rings. The van der Waals surface area contributed by atoms with Gasteiger partial charge in [-0.3, -0.25) is 9.97 Å². The van der Waals surface area contributed by atoms with Crippen LogP contribution in [0, 0.1) is 13.8 Å². The van der Waals surface area contributed by atoms with Crippen molar-refractivity contribution in [1.29, 1.82) is 0 Å². The van der Waals surface area contributed by atoms with Crippen LogP contribution < -0.4 is 0 Å². The summed E-state index contributed by atoms with van der Waals surface area (Å²) in [6, 6.07) is 8.06. The van der Waals surface area contributed by atoms with Gasteiger partial charge < -0.3 is 0 Å². The molecule has 0 bridgehead atoms. The summed E-state index contributed by atoms with van der Waals surface area (Å²) in [6.07, 6.45) is 3.60. The lowest BCUT2D eigenvalue weighted by Gasteiger charge is -2.03. The number of rotatable bonds is 1. The number of aryl methyl sites for hydroxylation is 2. The Morgan fingerprint density at radius 1 is 0.889 bits per heavy atom. The quantitative estimate of drug-likeness (QED) is 0.719. The van der Waals surface area contributed by atoms with E-state index in [-0.39, 0.29) is 0 Å². The largest absolute Gasteiger partial charge is 0.264 e. The van der Waals surface area contributed by atoms with Gasteiger partial charge in [0, 0.05) is 23.7 Å². The maximum absolute atomic E-state index is 4.50. The Morgan fingerprint density at radius 3 is 2.06 bits per heavy atom. The second-order valence-electron chi connectivity index (χ2n) is 3.34. The molecule has 0 atom stereocenters. The number of hydrogen-bond acceptors (Lipinski definition) is 2. The summed E-state index contributed by atoms with van der Waals surface area (Å²) in [5.41, 5.74) is 4.35. The van der Waals surface area contributed by atoms with Gasteiger partial charge in [0.15, 0.2) is 0 Å². The normalized spacial score (nSPS) is 8.56. The predicted octanol–water partition coefficient (Wildman–Crippen LogP) is 4.81. The van der Waals surface area contributed by atoms with Crippen LogP contribution in [-0.2, 0) is 0 Å². The summed E-state index contributed by atoms with van der Waals surface area (Å²) in [4.78, 5) is 8.58. The third kappa shape index (κ3) is 4.66. The van der Waals surface area contributed by atoms with E-state index in [0.29, 0.717) is 0 Å². The van der Waals surface area contributed by atoms with Crippen LogP contribution in [0.5, 0.6) is 0 Å². The average molecular weight is 244 g/mol. The molecule has 18 heavy (non-hydrogen) atoms. The average Bonchev–Trinajstić information content (AvgIpc) is 2.47. The highest BCUT2D eigenvalue weighted by molar-refractivity contribution is 5.58. The molecular formula is C16H24N2. The fourth-order valence-electron chi connectivity index (χ4n) is 1.31. The van der Waals surface area contributed by atoms with Crippen molar-refractivity contribution in [2.24, 2.45) is 0 Å². The minimum absolute atomic E-state index is 0.987. The molecule has 2 nitrogen and oxygen atoms in total. The highest BCUT2D eigenvalue weighted by Crippen LogP contribution is 2.16. The molecule has 2 rings (SSSR count). The molecule has 0 amide bonds. The Kier molecular flexibility index (Phi) is 8.46. The molecule has 0 aliphatic heterocycles. The summed E-state index contributed by atoms with van der Waals surface area (Å²) in [7, 11) is 0. The van der Waals surface area contributed by atoms with E-state index >= 15 is 0 Å². The maximum atomic E-state index is 4.50. The standard InChI is InChI=1S/C12H12N2.2C2H6/c1-9-5-6-12(14-10(9)2)11-4-3-7-13-8-11;2*1-2/h3-8H,1-2H3;2*1-2H3. The van der Waals surface area contributed by atoms with Crippen molar-refractivity contribution in [1.82, 2.24) is 9.97 Å². The van der Waals surface area contributed by atoms with Gasteiger partial charge >= 0.3 is 0 Å². The fourth-order valence-corrected chi connectivity index (χ4v) is 1.31. The number of hydrogen-bond donors (Lipinski definition) is 0. The molecule has 0 N–H and O–H groups in total. The summed E-state index contributed by atoms with van der Waals surface area (Å²) in [5.74, 6) is 0. The first-order valence-corrected chi connectivity index (χ1v) is 6.62. The van der Waals surface area contributed by atoms with E-state index in [4.69, 9.17) is 0 Å². The van der Waals surface area contributed by atoms with E-state index in [1.807, 2.05) is 59.0 Å². The van der Waals surface area contributed by atoms with Gasteiger partial charge in [-0.2, -0.15) is 0 Å². The molecule has 0 saturated heterocycles. The van der Waals surface area contributed by atoms with Crippen LogP contribution in [-0.4, -0.2) is 9.97 Å². The van der Waals surface area contributed by atoms with E-state index in [2.05, 4.69) is 23.0 Å². The third-order valence-electron chi connectivity index (χ3n) is 2.31. The lowest BCUT2D eigenvalue weighted by Crippen LogP contribution is -1.90. The van der Waals surface area contributed by atoms with Crippen molar-refractivity contribution < 1.29 is 0 Å². The van der Waals surface area contributed by atoms with Gasteiger partial charge in [-0.15, -0.1) is 0 Å². The fraction of sp³-hybridized carbons (Fsp3) is 0.375. The van der Waals surface area contributed by atoms with Crippen molar-refractivity contribution >= 4 is 0 Å². The number of aromatic nitrogens is 2. The minimum atomic E-state index is 0.987. The zero-order valence-corrected chi connectivity index (χ0v) is 12.4. The molecule has 2 aromatic rings. The van der Waals surface area contributed by atoms with E-state index in [9.17, 15) is 0 Å². The molecule has 0 spiro atoms. The number of nitrogens with zero attached hydrogens (tertiary/aromatic N) is 2. The highest BCUT2D eigenvalue weighted by atomic mass is 14.7. The highest BCUT2D eigenvalue weighted by Gasteiger charge is 2.00. The second-order valence-corrected chi connectivity index (χ2v) is 3.34. The lowest BCUT2D eigenvalue weighted by molar-refractivity contribution is 1.15. The van der Waals surface area contributed by atoms with Crippen LogP contribution >= 0.6 is 0 Å². The van der Waals surface area contributed by atoms with Gasteiger partial charge in [0.2, 0.25) is 0 Å². The first-order chi connectivity index (χ1) is 8.77. The molecule has 0 saturated carbocycles. The van der Waals surface area contributed by atoms with Gasteiger partial charge in [0.25, 0.3) is 0 Å². The van der Waals surface area contributed by atoms with Gasteiger partial charge in [-0.25, -0.2) is 0 Å². The van der Waals surface area contributed by atoms with Crippen LogP contribution in [0.25, 0.3) is 11.3 Å². The molecule has 2 aromatic heterocycles. The maximum Gasteiger partial charge on any atom is 0.0720 e. The van der Waals surface area contributed by atoms with Crippen molar-refractivity contribution in [2.45, 2.75) is 41.5 Å². The summed E-state index contributed by atoms with van der Waals surface area (Å²) >= 11 is 0. The Balaban J connectivity index is 0.000000659. The zero-order chi connectivity index (χ0) is 14.0. The predicted molar refractivity (Wildman–Crippen MR) is 79.6 cm³/mol. The third-order valence-corrected chi connectivity index (χ3v) is 2.31. The molecule has 0 aromatic carbocycles. The second kappa shape index (κ2) is 9.34. The summed E-state index contributed by atoms with van der Waals surface area (Å²) in [6.45, 7) is 12.1. The molecule has 2 heteroatoms. The van der Waals surface area contributed by atoms with Crippen LogP contribution in [0.3, 0.4) is 0 Å². The minimum Gasteiger partial charge on any atom is -0.264 e. The van der Waals surface area contributed by atoms with Gasteiger partial charge in [-0.1, -0.05) is 33.8 Å². The molecule has 0 aliphatic carbocycles. The zero-order valence-electron chi connectivity index (χ0n) is 12.4. The monoisotopic (exact) mass is 244 g/mol. The molecule has 0 radical (unpaired) electrons. The Hall–Kier alpha value is -1.70. The first-order valence-electron chi connectivity index (χ1n) is 6.62. The topological polar surface area (TPSA) is 25.8 Å². The van der Waals surface area contributed by atoms with Crippen molar-refractivity contribution in [3.05, 3.63) is 47.9 Å². The van der Waals surface area contributed by atoms with Crippen molar-refractivity contribution in [3.63, 3.8) is 0 Å². The summed E-state index contributed by atoms with van der Waals surface area (Å²) in [5, 5.41) is 0. The molecule has 2 heterocycles. The SMILES string of the molecule is CC.CC.Cc1ccc(-c2cccnc2)nc1C.